The Bertz CT molecular complexity index is 494. The average Bonchev–Trinajstić information content (AvgIpc) is 2.49. The Balaban J connectivity index is 1.63. The number of carbonyl (C=O) groups is 1. The van der Waals surface area contributed by atoms with Crippen LogP contribution in [0.3, 0.4) is 0 Å². The van der Waals surface area contributed by atoms with Gasteiger partial charge in [0.25, 0.3) is 0 Å². The van der Waals surface area contributed by atoms with E-state index >= 15 is 0 Å². The van der Waals surface area contributed by atoms with E-state index in [9.17, 15) is 4.79 Å². The van der Waals surface area contributed by atoms with Crippen molar-refractivity contribution in [2.75, 3.05) is 19.8 Å². The molecule has 0 N–H and O–H groups in total. The lowest BCUT2D eigenvalue weighted by molar-refractivity contribution is 0.0688. The van der Waals surface area contributed by atoms with Crippen molar-refractivity contribution in [3.63, 3.8) is 0 Å². The standard InChI is InChI=1S/C16H16O3/c17-16(14-7-3-1-4-8-14)13-18-11-12-19-15-9-5-2-6-10-15/h1-10H,11-13H2. The van der Waals surface area contributed by atoms with Crippen LogP contribution >= 0.6 is 0 Å². The molecule has 3 heteroatoms. The monoisotopic (exact) mass is 256 g/mol. The summed E-state index contributed by atoms with van der Waals surface area (Å²) in [5, 5.41) is 0. The summed E-state index contributed by atoms with van der Waals surface area (Å²) in [4.78, 5) is 11.7. The number of Topliss-reactive ketones (excluding diaryl/α,β-unsaturated/α-hetero) is 1. The Morgan fingerprint density at radius 1 is 0.842 bits per heavy atom. The second kappa shape index (κ2) is 7.34. The van der Waals surface area contributed by atoms with Gasteiger partial charge in [-0.1, -0.05) is 48.5 Å². The van der Waals surface area contributed by atoms with E-state index in [0.717, 1.165) is 5.75 Å². The molecule has 0 atom stereocenters. The lowest BCUT2D eigenvalue weighted by Crippen LogP contribution is -2.13. The molecule has 2 rings (SSSR count). The number of para-hydroxylation sites is 1. The molecule has 0 saturated carbocycles. The summed E-state index contributed by atoms with van der Waals surface area (Å²) in [6, 6.07) is 18.7. The molecule has 0 aliphatic rings. The van der Waals surface area contributed by atoms with E-state index in [1.165, 1.54) is 0 Å². The van der Waals surface area contributed by atoms with Crippen molar-refractivity contribution in [1.29, 1.82) is 0 Å². The maximum Gasteiger partial charge on any atom is 0.188 e. The number of benzene rings is 2. The van der Waals surface area contributed by atoms with E-state index < -0.39 is 0 Å². The zero-order chi connectivity index (χ0) is 13.3. The Hall–Kier alpha value is -2.13. The summed E-state index contributed by atoms with van der Waals surface area (Å²) >= 11 is 0. The number of ether oxygens (including phenoxy) is 2. The topological polar surface area (TPSA) is 35.5 Å². The molecule has 0 fully saturated rings. The van der Waals surface area contributed by atoms with Crippen molar-refractivity contribution < 1.29 is 14.3 Å². The molecule has 0 radical (unpaired) electrons. The van der Waals surface area contributed by atoms with Crippen LogP contribution in [0, 0.1) is 0 Å². The minimum Gasteiger partial charge on any atom is -0.491 e. The zero-order valence-electron chi connectivity index (χ0n) is 10.6. The first kappa shape index (κ1) is 13.3. The predicted octanol–water partition coefficient (Wildman–Crippen LogP) is 2.96. The molecular weight excluding hydrogens is 240 g/mol. The smallest absolute Gasteiger partial charge is 0.188 e. The minimum atomic E-state index is -0.0136. The van der Waals surface area contributed by atoms with Crippen LogP contribution in [0.2, 0.25) is 0 Å². The summed E-state index contributed by atoms with van der Waals surface area (Å²) in [7, 11) is 0. The fourth-order valence-electron chi connectivity index (χ4n) is 1.61. The van der Waals surface area contributed by atoms with Gasteiger partial charge in [-0.2, -0.15) is 0 Å². The molecule has 0 saturated heterocycles. The summed E-state index contributed by atoms with van der Waals surface area (Å²) in [6.07, 6.45) is 0. The Morgan fingerprint density at radius 2 is 1.47 bits per heavy atom. The van der Waals surface area contributed by atoms with Crippen LogP contribution in [0.4, 0.5) is 0 Å². The van der Waals surface area contributed by atoms with Crippen LogP contribution in [0.25, 0.3) is 0 Å². The highest BCUT2D eigenvalue weighted by Gasteiger charge is 2.04. The number of ketones is 1. The van der Waals surface area contributed by atoms with Crippen molar-refractivity contribution in [2.45, 2.75) is 0 Å². The van der Waals surface area contributed by atoms with Crippen molar-refractivity contribution in [3.8, 4) is 5.75 Å². The number of rotatable bonds is 7. The Labute approximate surface area is 112 Å². The molecular formula is C16H16O3. The van der Waals surface area contributed by atoms with Gasteiger partial charge in [-0.3, -0.25) is 4.79 Å². The highest BCUT2D eigenvalue weighted by molar-refractivity contribution is 5.96. The average molecular weight is 256 g/mol. The fraction of sp³-hybridized carbons (Fsp3) is 0.188. The first-order valence-electron chi connectivity index (χ1n) is 6.20. The van der Waals surface area contributed by atoms with Crippen LogP contribution in [0.15, 0.2) is 60.7 Å². The van der Waals surface area contributed by atoms with Crippen molar-refractivity contribution >= 4 is 5.78 Å². The van der Waals surface area contributed by atoms with Crippen LogP contribution < -0.4 is 4.74 Å². The molecule has 0 unspecified atom stereocenters. The SMILES string of the molecule is O=C(COCCOc1ccccc1)c1ccccc1. The van der Waals surface area contributed by atoms with Gasteiger partial charge in [0.05, 0.1) is 6.61 Å². The second-order valence-electron chi connectivity index (χ2n) is 4.00. The fourth-order valence-corrected chi connectivity index (χ4v) is 1.61. The molecule has 3 nitrogen and oxygen atoms in total. The summed E-state index contributed by atoms with van der Waals surface area (Å²) in [5.74, 6) is 0.792. The van der Waals surface area contributed by atoms with E-state index in [1.807, 2.05) is 48.5 Å². The highest BCUT2D eigenvalue weighted by Crippen LogP contribution is 2.07. The number of hydrogen-bond acceptors (Lipinski definition) is 3. The van der Waals surface area contributed by atoms with Crippen LogP contribution in [-0.4, -0.2) is 25.6 Å². The Kier molecular flexibility index (Phi) is 5.14. The molecule has 19 heavy (non-hydrogen) atoms. The molecule has 2 aromatic rings. The molecule has 0 heterocycles. The second-order valence-corrected chi connectivity index (χ2v) is 4.00. The quantitative estimate of drug-likeness (QED) is 0.564. The molecule has 0 aromatic heterocycles. The molecule has 98 valence electrons. The van der Waals surface area contributed by atoms with Gasteiger partial charge in [0.15, 0.2) is 5.78 Å². The Morgan fingerprint density at radius 3 is 2.16 bits per heavy atom. The van der Waals surface area contributed by atoms with Gasteiger partial charge in [-0.25, -0.2) is 0 Å². The van der Waals surface area contributed by atoms with Gasteiger partial charge in [-0.05, 0) is 12.1 Å². The third-order valence-electron chi connectivity index (χ3n) is 2.57. The summed E-state index contributed by atoms with van der Waals surface area (Å²) < 4.78 is 10.8. The molecule has 0 bridgehead atoms. The van der Waals surface area contributed by atoms with Crippen LogP contribution in [0.1, 0.15) is 10.4 Å². The molecule has 0 aliphatic carbocycles. The van der Waals surface area contributed by atoms with Crippen LogP contribution in [-0.2, 0) is 4.74 Å². The maximum absolute atomic E-state index is 11.7. The first-order valence-corrected chi connectivity index (χ1v) is 6.20. The lowest BCUT2D eigenvalue weighted by Gasteiger charge is -2.06. The minimum absolute atomic E-state index is 0.0136. The van der Waals surface area contributed by atoms with Gasteiger partial charge in [0.2, 0.25) is 0 Å². The van der Waals surface area contributed by atoms with E-state index in [-0.39, 0.29) is 12.4 Å². The van der Waals surface area contributed by atoms with Gasteiger partial charge >= 0.3 is 0 Å². The van der Waals surface area contributed by atoms with Crippen molar-refractivity contribution in [3.05, 3.63) is 66.2 Å². The van der Waals surface area contributed by atoms with E-state index in [1.54, 1.807) is 12.1 Å². The summed E-state index contributed by atoms with van der Waals surface area (Å²) in [6.45, 7) is 0.918. The summed E-state index contributed by atoms with van der Waals surface area (Å²) in [5.41, 5.74) is 0.673. The van der Waals surface area contributed by atoms with Crippen molar-refractivity contribution in [1.82, 2.24) is 0 Å². The number of hydrogen-bond donors (Lipinski definition) is 0. The highest BCUT2D eigenvalue weighted by atomic mass is 16.5. The van der Waals surface area contributed by atoms with Gasteiger partial charge in [0, 0.05) is 5.56 Å². The third-order valence-corrected chi connectivity index (χ3v) is 2.57. The van der Waals surface area contributed by atoms with E-state index in [4.69, 9.17) is 9.47 Å². The van der Waals surface area contributed by atoms with Gasteiger partial charge in [-0.15, -0.1) is 0 Å². The predicted molar refractivity (Wildman–Crippen MR) is 73.5 cm³/mol. The molecule has 0 aliphatic heterocycles. The van der Waals surface area contributed by atoms with E-state index in [2.05, 4.69) is 0 Å². The van der Waals surface area contributed by atoms with E-state index in [0.29, 0.717) is 18.8 Å². The maximum atomic E-state index is 11.7. The molecule has 2 aromatic carbocycles. The van der Waals surface area contributed by atoms with Crippen LogP contribution in [0.5, 0.6) is 5.75 Å². The number of carbonyl (C=O) groups excluding carboxylic acids is 1. The largest absolute Gasteiger partial charge is 0.491 e. The first-order chi connectivity index (χ1) is 9.36. The normalized spacial score (nSPS) is 10.1. The van der Waals surface area contributed by atoms with Gasteiger partial charge in [0.1, 0.15) is 19.0 Å². The van der Waals surface area contributed by atoms with Gasteiger partial charge < -0.3 is 9.47 Å². The lowest BCUT2D eigenvalue weighted by atomic mass is 10.1. The third kappa shape index (κ3) is 4.56. The van der Waals surface area contributed by atoms with Crippen molar-refractivity contribution in [2.24, 2.45) is 0 Å². The zero-order valence-corrected chi connectivity index (χ0v) is 10.6. The molecule has 0 amide bonds. The molecule has 0 spiro atoms.